The largest absolute Gasteiger partial charge is 0.495 e. The number of carbonyl (C=O) groups excluding carboxylic acids is 2. The second-order valence-corrected chi connectivity index (χ2v) is 10.3. The number of amides is 2. The van der Waals surface area contributed by atoms with Crippen molar-refractivity contribution in [1.29, 1.82) is 0 Å². The average Bonchev–Trinajstić information content (AvgIpc) is 2.75. The van der Waals surface area contributed by atoms with Crippen LogP contribution in [0.1, 0.15) is 12.5 Å². The Morgan fingerprint density at radius 2 is 1.73 bits per heavy atom. The smallest absolute Gasteiger partial charge is 0.244 e. The number of nitrogens with zero attached hydrogens (tertiary/aromatic N) is 2. The van der Waals surface area contributed by atoms with Gasteiger partial charge in [-0.25, -0.2) is 8.42 Å². The van der Waals surface area contributed by atoms with Crippen molar-refractivity contribution in [3.05, 3.63) is 57.0 Å². The lowest BCUT2D eigenvalue weighted by molar-refractivity contribution is -0.139. The molecule has 0 aliphatic carbocycles. The summed E-state index contributed by atoms with van der Waals surface area (Å²) in [5.41, 5.74) is 0.514. The van der Waals surface area contributed by atoms with Gasteiger partial charge in [-0.15, -0.1) is 0 Å². The van der Waals surface area contributed by atoms with Crippen LogP contribution in [0.3, 0.4) is 0 Å². The number of carbonyl (C=O) groups is 2. The van der Waals surface area contributed by atoms with E-state index in [-0.39, 0.29) is 23.0 Å². The van der Waals surface area contributed by atoms with E-state index in [1.807, 2.05) is 0 Å². The van der Waals surface area contributed by atoms with E-state index in [0.29, 0.717) is 15.6 Å². The van der Waals surface area contributed by atoms with Gasteiger partial charge in [0.2, 0.25) is 21.8 Å². The first-order chi connectivity index (χ1) is 15.4. The number of hydrogen-bond acceptors (Lipinski definition) is 5. The van der Waals surface area contributed by atoms with Gasteiger partial charge in [-0.1, -0.05) is 40.9 Å². The van der Waals surface area contributed by atoms with Crippen molar-refractivity contribution in [1.82, 2.24) is 10.2 Å². The molecule has 0 aliphatic rings. The topological polar surface area (TPSA) is 96.0 Å². The van der Waals surface area contributed by atoms with E-state index in [1.54, 1.807) is 18.2 Å². The van der Waals surface area contributed by atoms with Crippen LogP contribution in [0.5, 0.6) is 5.75 Å². The number of ether oxygens (including phenoxy) is 1. The van der Waals surface area contributed by atoms with Crippen molar-refractivity contribution in [2.24, 2.45) is 0 Å². The van der Waals surface area contributed by atoms with Crippen LogP contribution in [-0.2, 0) is 26.2 Å². The summed E-state index contributed by atoms with van der Waals surface area (Å²) in [5, 5.41) is 3.36. The maximum atomic E-state index is 13.4. The summed E-state index contributed by atoms with van der Waals surface area (Å²) in [6, 6.07) is 8.33. The highest BCUT2D eigenvalue weighted by molar-refractivity contribution is 7.92. The fourth-order valence-corrected chi connectivity index (χ4v) is 4.63. The number of methoxy groups -OCH3 is 1. The van der Waals surface area contributed by atoms with Crippen molar-refractivity contribution < 1.29 is 22.7 Å². The van der Waals surface area contributed by atoms with Gasteiger partial charge in [0.15, 0.2) is 0 Å². The van der Waals surface area contributed by atoms with E-state index < -0.39 is 34.4 Å². The number of hydrogen-bond donors (Lipinski definition) is 1. The number of halogens is 3. The van der Waals surface area contributed by atoms with Crippen LogP contribution in [-0.4, -0.2) is 58.1 Å². The van der Waals surface area contributed by atoms with Crippen molar-refractivity contribution in [2.75, 3.05) is 31.3 Å². The maximum Gasteiger partial charge on any atom is 0.244 e. The predicted molar refractivity (Wildman–Crippen MR) is 131 cm³/mol. The standard InChI is InChI=1S/C21H24Cl3N3O5S/c1-13(21(29)25-2)26(11-15-16(23)6-5-7-17(15)24)20(28)12-27(33(4,30)31)18-10-14(22)8-9-19(18)32-3/h5-10,13H,11-12H2,1-4H3,(H,25,29)/t13-/m0/s1. The molecule has 0 radical (unpaired) electrons. The minimum atomic E-state index is -3.94. The molecule has 0 saturated carbocycles. The second kappa shape index (κ2) is 11.3. The zero-order chi connectivity index (χ0) is 24.9. The lowest BCUT2D eigenvalue weighted by Gasteiger charge is -2.32. The Labute approximate surface area is 208 Å². The number of likely N-dealkylation sites (N-methyl/N-ethyl adjacent to an activating group) is 1. The van der Waals surface area contributed by atoms with Crippen LogP contribution >= 0.6 is 34.8 Å². The number of anilines is 1. The lowest BCUT2D eigenvalue weighted by Crippen LogP contribution is -2.50. The highest BCUT2D eigenvalue weighted by Crippen LogP contribution is 2.33. The van der Waals surface area contributed by atoms with Gasteiger partial charge >= 0.3 is 0 Å². The summed E-state index contributed by atoms with van der Waals surface area (Å²) in [6.07, 6.45) is 0.956. The van der Waals surface area contributed by atoms with Gasteiger partial charge in [0.1, 0.15) is 18.3 Å². The Bertz CT molecular complexity index is 1120. The number of benzene rings is 2. The Morgan fingerprint density at radius 1 is 1.12 bits per heavy atom. The van der Waals surface area contributed by atoms with Gasteiger partial charge in [-0.05, 0) is 37.3 Å². The van der Waals surface area contributed by atoms with E-state index >= 15 is 0 Å². The van der Waals surface area contributed by atoms with Gasteiger partial charge in [0.05, 0.1) is 19.1 Å². The molecule has 0 aliphatic heterocycles. The summed E-state index contributed by atoms with van der Waals surface area (Å²) in [4.78, 5) is 27.0. The van der Waals surface area contributed by atoms with E-state index in [4.69, 9.17) is 39.5 Å². The summed E-state index contributed by atoms with van der Waals surface area (Å²) >= 11 is 18.6. The van der Waals surface area contributed by atoms with Crippen LogP contribution in [0, 0.1) is 0 Å². The zero-order valence-electron chi connectivity index (χ0n) is 18.4. The molecule has 1 atom stereocenters. The van der Waals surface area contributed by atoms with Crippen LogP contribution in [0.4, 0.5) is 5.69 Å². The minimum absolute atomic E-state index is 0.0872. The van der Waals surface area contributed by atoms with Gasteiger partial charge in [-0.2, -0.15) is 0 Å². The molecule has 12 heteroatoms. The molecule has 0 unspecified atom stereocenters. The molecule has 0 fully saturated rings. The third-order valence-corrected chi connectivity index (χ3v) is 6.96. The monoisotopic (exact) mass is 535 g/mol. The highest BCUT2D eigenvalue weighted by atomic mass is 35.5. The molecule has 0 heterocycles. The lowest BCUT2D eigenvalue weighted by atomic mass is 10.1. The Hall–Kier alpha value is -2.20. The quantitative estimate of drug-likeness (QED) is 0.528. The molecule has 180 valence electrons. The highest BCUT2D eigenvalue weighted by Gasteiger charge is 2.31. The minimum Gasteiger partial charge on any atom is -0.495 e. The van der Waals surface area contributed by atoms with E-state index in [9.17, 15) is 18.0 Å². The Kier molecular flexibility index (Phi) is 9.25. The van der Waals surface area contributed by atoms with Gasteiger partial charge < -0.3 is 15.0 Å². The SMILES string of the molecule is CNC(=O)[C@H](C)N(Cc1c(Cl)cccc1Cl)C(=O)CN(c1cc(Cl)ccc1OC)S(C)(=O)=O. The average molecular weight is 537 g/mol. The van der Waals surface area contributed by atoms with Gasteiger partial charge in [0.25, 0.3) is 0 Å². The zero-order valence-corrected chi connectivity index (χ0v) is 21.5. The second-order valence-electron chi connectivity index (χ2n) is 7.10. The van der Waals surface area contributed by atoms with E-state index in [2.05, 4.69) is 5.32 Å². The van der Waals surface area contributed by atoms with Crippen LogP contribution in [0.15, 0.2) is 36.4 Å². The molecule has 2 rings (SSSR count). The molecule has 8 nitrogen and oxygen atoms in total. The molecule has 2 amide bonds. The number of sulfonamides is 1. The first-order valence-electron chi connectivity index (χ1n) is 9.65. The summed E-state index contributed by atoms with van der Waals surface area (Å²) in [6.45, 7) is 0.793. The third kappa shape index (κ3) is 6.66. The van der Waals surface area contributed by atoms with E-state index in [1.165, 1.54) is 44.2 Å². The number of nitrogens with one attached hydrogen (secondary N) is 1. The van der Waals surface area contributed by atoms with Crippen molar-refractivity contribution in [3.63, 3.8) is 0 Å². The molecular weight excluding hydrogens is 513 g/mol. The molecule has 0 bridgehead atoms. The summed E-state index contributed by atoms with van der Waals surface area (Å²) < 4.78 is 31.4. The van der Waals surface area contributed by atoms with Gasteiger partial charge in [-0.3, -0.25) is 13.9 Å². The predicted octanol–water partition coefficient (Wildman–Crippen LogP) is 3.58. The molecule has 2 aromatic rings. The van der Waals surface area contributed by atoms with Crippen LogP contribution in [0.2, 0.25) is 15.1 Å². The van der Waals surface area contributed by atoms with Gasteiger partial charge in [0, 0.05) is 34.2 Å². The molecule has 0 saturated heterocycles. The Balaban J connectivity index is 2.51. The van der Waals surface area contributed by atoms with Crippen molar-refractivity contribution in [3.8, 4) is 5.75 Å². The fourth-order valence-electron chi connectivity index (χ4n) is 3.10. The van der Waals surface area contributed by atoms with Crippen molar-refractivity contribution in [2.45, 2.75) is 19.5 Å². The molecule has 0 aromatic heterocycles. The normalized spacial score (nSPS) is 12.1. The molecule has 33 heavy (non-hydrogen) atoms. The maximum absolute atomic E-state index is 13.4. The first kappa shape index (κ1) is 27.0. The van der Waals surface area contributed by atoms with E-state index in [0.717, 1.165) is 10.6 Å². The van der Waals surface area contributed by atoms with Crippen LogP contribution in [0.25, 0.3) is 0 Å². The van der Waals surface area contributed by atoms with Crippen LogP contribution < -0.4 is 14.4 Å². The molecule has 2 aromatic carbocycles. The summed E-state index contributed by atoms with van der Waals surface area (Å²) in [5.74, 6) is -0.898. The first-order valence-corrected chi connectivity index (χ1v) is 12.6. The molecular formula is C21H24Cl3N3O5S. The number of rotatable bonds is 9. The van der Waals surface area contributed by atoms with Crippen molar-refractivity contribution >= 4 is 62.3 Å². The molecule has 1 N–H and O–H groups in total. The fraction of sp³-hybridized carbons (Fsp3) is 0.333. The molecule has 0 spiro atoms. The summed E-state index contributed by atoms with van der Waals surface area (Å²) in [7, 11) is -1.14. The Morgan fingerprint density at radius 3 is 2.24 bits per heavy atom. The third-order valence-electron chi connectivity index (χ3n) is 4.89.